The maximum Gasteiger partial charge on any atom is 0.208 e. The second kappa shape index (κ2) is 6.74. The molecule has 1 aromatic carbocycles. The zero-order valence-corrected chi connectivity index (χ0v) is 13.1. The third-order valence-corrected chi connectivity index (χ3v) is 4.35. The van der Waals surface area contributed by atoms with Crippen molar-refractivity contribution in [3.05, 3.63) is 29.8 Å². The molecule has 7 heteroatoms. The van der Waals surface area contributed by atoms with E-state index in [9.17, 15) is 13.5 Å². The van der Waals surface area contributed by atoms with Crippen molar-refractivity contribution in [2.75, 3.05) is 33.0 Å². The molecule has 6 nitrogen and oxygen atoms in total. The van der Waals surface area contributed by atoms with E-state index in [1.54, 1.807) is 7.11 Å². The molecule has 1 aliphatic rings. The summed E-state index contributed by atoms with van der Waals surface area (Å²) in [5.74, 6) is 0.781. The molecule has 0 aliphatic carbocycles. The Bertz CT molecular complexity index is 576. The third kappa shape index (κ3) is 4.67. The van der Waals surface area contributed by atoms with E-state index in [4.69, 9.17) is 4.74 Å². The minimum atomic E-state index is -3.18. The topological polar surface area (TPSA) is 78.9 Å². The van der Waals surface area contributed by atoms with Crippen LogP contribution in [0.1, 0.15) is 18.0 Å². The van der Waals surface area contributed by atoms with Crippen molar-refractivity contribution in [1.82, 2.24) is 9.62 Å². The number of nitrogens with zero attached hydrogens (tertiary/aromatic N) is 1. The number of hydrogen-bond donors (Lipinski definition) is 2. The highest BCUT2D eigenvalue weighted by Gasteiger charge is 2.31. The van der Waals surface area contributed by atoms with Gasteiger partial charge in [0.25, 0.3) is 0 Å². The van der Waals surface area contributed by atoms with Crippen LogP contribution < -0.4 is 9.46 Å². The molecule has 1 saturated heterocycles. The number of ether oxygens (including phenoxy) is 1. The van der Waals surface area contributed by atoms with Crippen molar-refractivity contribution >= 4 is 10.0 Å². The summed E-state index contributed by atoms with van der Waals surface area (Å²) in [5, 5.41) is 9.91. The van der Waals surface area contributed by atoms with Crippen molar-refractivity contribution in [2.45, 2.75) is 18.6 Å². The summed E-state index contributed by atoms with van der Waals surface area (Å²) in [6.45, 7) is 1.45. The minimum absolute atomic E-state index is 0.0801. The Hall–Kier alpha value is -1.15. The van der Waals surface area contributed by atoms with E-state index in [-0.39, 0.29) is 12.1 Å². The van der Waals surface area contributed by atoms with Crippen molar-refractivity contribution in [3.8, 4) is 5.75 Å². The molecule has 0 amide bonds. The molecule has 1 fully saturated rings. The first-order valence-electron chi connectivity index (χ1n) is 6.90. The van der Waals surface area contributed by atoms with Gasteiger partial charge in [0.15, 0.2) is 0 Å². The molecule has 2 atom stereocenters. The highest BCUT2D eigenvalue weighted by molar-refractivity contribution is 7.88. The standard InChI is InChI=1S/C14H22N2O4S/c1-20-13-5-3-4-11(8-13)14-9-12(17)10-16(14)7-6-15-21(2,18)19/h3-5,8,12,14-15,17H,6-7,9-10H2,1-2H3/t12-,14+/m1/s1. The molecule has 0 saturated carbocycles. The molecule has 1 heterocycles. The van der Waals surface area contributed by atoms with E-state index in [1.807, 2.05) is 24.3 Å². The fraction of sp³-hybridized carbons (Fsp3) is 0.571. The molecule has 0 spiro atoms. The van der Waals surface area contributed by atoms with Crippen molar-refractivity contribution in [1.29, 1.82) is 0 Å². The number of rotatable bonds is 6. The van der Waals surface area contributed by atoms with Crippen molar-refractivity contribution < 1.29 is 18.3 Å². The molecular weight excluding hydrogens is 292 g/mol. The normalized spacial score (nSPS) is 23.4. The SMILES string of the molecule is COc1cccc([C@@H]2C[C@@H](O)CN2CCNS(C)(=O)=O)c1. The Morgan fingerprint density at radius 1 is 1.48 bits per heavy atom. The quantitative estimate of drug-likeness (QED) is 0.792. The molecule has 2 N–H and O–H groups in total. The first-order valence-corrected chi connectivity index (χ1v) is 8.79. The van der Waals surface area contributed by atoms with Crippen molar-refractivity contribution in [2.24, 2.45) is 0 Å². The summed E-state index contributed by atoms with van der Waals surface area (Å²) >= 11 is 0. The third-order valence-electron chi connectivity index (χ3n) is 3.62. The molecule has 21 heavy (non-hydrogen) atoms. The second-order valence-electron chi connectivity index (χ2n) is 5.34. The van der Waals surface area contributed by atoms with Crippen LogP contribution in [-0.4, -0.2) is 57.5 Å². The summed E-state index contributed by atoms with van der Waals surface area (Å²) in [4.78, 5) is 2.09. The van der Waals surface area contributed by atoms with Crippen LogP contribution in [0.2, 0.25) is 0 Å². The highest BCUT2D eigenvalue weighted by Crippen LogP contribution is 2.33. The predicted molar refractivity (Wildman–Crippen MR) is 80.8 cm³/mol. The van der Waals surface area contributed by atoms with Gasteiger partial charge in [-0.1, -0.05) is 12.1 Å². The average Bonchev–Trinajstić information content (AvgIpc) is 2.78. The summed E-state index contributed by atoms with van der Waals surface area (Å²) in [6, 6.07) is 7.84. The van der Waals surface area contributed by atoms with Crippen LogP contribution in [0.25, 0.3) is 0 Å². The van der Waals surface area contributed by atoms with Gasteiger partial charge >= 0.3 is 0 Å². The lowest BCUT2D eigenvalue weighted by molar-refractivity contribution is 0.176. The van der Waals surface area contributed by atoms with Gasteiger partial charge in [-0.05, 0) is 24.1 Å². The summed E-state index contributed by atoms with van der Waals surface area (Å²) in [5.41, 5.74) is 1.07. The number of β-amino-alcohol motifs (C(OH)–C–C–N with tert-alkyl or cyclic N) is 1. The number of benzene rings is 1. The lowest BCUT2D eigenvalue weighted by Crippen LogP contribution is -2.34. The lowest BCUT2D eigenvalue weighted by Gasteiger charge is -2.24. The Labute approximate surface area is 125 Å². The number of aliphatic hydroxyl groups excluding tert-OH is 1. The molecule has 0 unspecified atom stereocenters. The van der Waals surface area contributed by atoms with Gasteiger partial charge < -0.3 is 9.84 Å². The van der Waals surface area contributed by atoms with Gasteiger partial charge in [0, 0.05) is 25.7 Å². The van der Waals surface area contributed by atoms with Crippen LogP contribution >= 0.6 is 0 Å². The van der Waals surface area contributed by atoms with E-state index < -0.39 is 10.0 Å². The first kappa shape index (κ1) is 16.2. The van der Waals surface area contributed by atoms with Crippen LogP contribution in [-0.2, 0) is 10.0 Å². The Morgan fingerprint density at radius 3 is 2.90 bits per heavy atom. The number of methoxy groups -OCH3 is 1. The van der Waals surface area contributed by atoms with Crippen LogP contribution in [0.4, 0.5) is 0 Å². The maximum absolute atomic E-state index is 11.1. The van der Waals surface area contributed by atoms with E-state index in [0.717, 1.165) is 17.6 Å². The second-order valence-corrected chi connectivity index (χ2v) is 7.18. The molecule has 118 valence electrons. The first-order chi connectivity index (χ1) is 9.89. The highest BCUT2D eigenvalue weighted by atomic mass is 32.2. The summed E-state index contributed by atoms with van der Waals surface area (Å²) in [7, 11) is -1.56. The van der Waals surface area contributed by atoms with E-state index in [2.05, 4.69) is 9.62 Å². The van der Waals surface area contributed by atoms with Gasteiger partial charge in [-0.2, -0.15) is 0 Å². The summed E-state index contributed by atoms with van der Waals surface area (Å²) in [6.07, 6.45) is 1.40. The maximum atomic E-state index is 11.1. The number of sulfonamides is 1. The van der Waals surface area contributed by atoms with Gasteiger partial charge in [0.1, 0.15) is 5.75 Å². The average molecular weight is 314 g/mol. The molecule has 2 rings (SSSR count). The van der Waals surface area contributed by atoms with E-state index in [1.165, 1.54) is 0 Å². The molecule has 1 aliphatic heterocycles. The van der Waals surface area contributed by atoms with Crippen molar-refractivity contribution in [3.63, 3.8) is 0 Å². The molecular formula is C14H22N2O4S. The van der Waals surface area contributed by atoms with E-state index >= 15 is 0 Å². The van der Waals surface area contributed by atoms with Crippen LogP contribution in [0.3, 0.4) is 0 Å². The Morgan fingerprint density at radius 2 is 2.24 bits per heavy atom. The van der Waals surface area contributed by atoms with Gasteiger partial charge in [-0.3, -0.25) is 4.90 Å². The molecule has 1 aromatic rings. The predicted octanol–water partition coefficient (Wildman–Crippen LogP) is 0.352. The number of likely N-dealkylation sites (tertiary alicyclic amines) is 1. The molecule has 0 radical (unpaired) electrons. The zero-order valence-electron chi connectivity index (χ0n) is 12.3. The smallest absolute Gasteiger partial charge is 0.208 e. The number of nitrogens with one attached hydrogen (secondary N) is 1. The fourth-order valence-corrected chi connectivity index (χ4v) is 3.16. The largest absolute Gasteiger partial charge is 0.497 e. The number of aliphatic hydroxyl groups is 1. The van der Waals surface area contributed by atoms with E-state index in [0.29, 0.717) is 26.1 Å². The number of hydrogen-bond acceptors (Lipinski definition) is 5. The monoisotopic (exact) mass is 314 g/mol. The Kier molecular flexibility index (Phi) is 5.21. The van der Waals surface area contributed by atoms with Gasteiger partial charge in [0.2, 0.25) is 10.0 Å². The Balaban J connectivity index is 2.05. The molecule has 0 aromatic heterocycles. The van der Waals surface area contributed by atoms with Crippen LogP contribution in [0.15, 0.2) is 24.3 Å². The van der Waals surface area contributed by atoms with Crippen LogP contribution in [0.5, 0.6) is 5.75 Å². The lowest BCUT2D eigenvalue weighted by atomic mass is 10.0. The van der Waals surface area contributed by atoms with Gasteiger partial charge in [-0.25, -0.2) is 13.1 Å². The van der Waals surface area contributed by atoms with Crippen LogP contribution in [0, 0.1) is 0 Å². The zero-order chi connectivity index (χ0) is 15.5. The van der Waals surface area contributed by atoms with Gasteiger partial charge in [-0.15, -0.1) is 0 Å². The fourth-order valence-electron chi connectivity index (χ4n) is 2.70. The minimum Gasteiger partial charge on any atom is -0.497 e. The summed E-state index contributed by atoms with van der Waals surface area (Å²) < 4.78 is 29.9. The molecule has 0 bridgehead atoms. The van der Waals surface area contributed by atoms with Gasteiger partial charge in [0.05, 0.1) is 19.5 Å².